The molecule has 0 aliphatic carbocycles. The fraction of sp³-hybridized carbons (Fsp3) is 0.833. The molecule has 18 heavy (non-hydrogen) atoms. The van der Waals surface area contributed by atoms with Gasteiger partial charge in [0.05, 0.1) is 12.2 Å². The lowest BCUT2D eigenvalue weighted by atomic mass is 9.97. The fourth-order valence-corrected chi connectivity index (χ4v) is 5.05. The highest BCUT2D eigenvalue weighted by Crippen LogP contribution is 2.56. The first-order valence-electron chi connectivity index (χ1n) is 5.88. The molecule has 0 radical (unpaired) electrons. The van der Waals surface area contributed by atoms with E-state index in [0.29, 0.717) is 11.6 Å². The first kappa shape index (κ1) is 18.8. The third-order valence-corrected chi connectivity index (χ3v) is 5.32. The van der Waals surface area contributed by atoms with Crippen LogP contribution in [0.25, 0.3) is 0 Å². The number of thiol groups is 1. The van der Waals surface area contributed by atoms with E-state index in [1.807, 2.05) is 6.92 Å². The summed E-state index contributed by atoms with van der Waals surface area (Å²) in [6, 6.07) is 0. The zero-order chi connectivity index (χ0) is 13.4. The van der Waals surface area contributed by atoms with Crippen LogP contribution in [0.1, 0.15) is 34.6 Å². The normalized spacial score (nSPS) is 36.6. The molecule has 1 aliphatic rings. The van der Waals surface area contributed by atoms with Gasteiger partial charge in [0.15, 0.2) is 8.38 Å². The van der Waals surface area contributed by atoms with Gasteiger partial charge in [-0.05, 0) is 16.9 Å². The van der Waals surface area contributed by atoms with E-state index in [9.17, 15) is 0 Å². The zero-order valence-electron chi connectivity index (χ0n) is 12.1. The van der Waals surface area contributed by atoms with Crippen LogP contribution in [0.5, 0.6) is 0 Å². The van der Waals surface area contributed by atoms with E-state index < -0.39 is 12.5 Å². The Morgan fingerprint density at radius 2 is 1.83 bits per heavy atom. The van der Waals surface area contributed by atoms with Gasteiger partial charge >= 0.3 is 0 Å². The lowest BCUT2D eigenvalue weighted by Gasteiger charge is -2.56. The molecule has 4 atom stereocenters. The second-order valence-corrected chi connectivity index (χ2v) is 8.98. The maximum Gasteiger partial charge on any atom is 0.174 e. The quantitative estimate of drug-likeness (QED) is 0.354. The Kier molecular flexibility index (Phi) is 7.25. The number of rotatable bonds is 3. The summed E-state index contributed by atoms with van der Waals surface area (Å²) in [6.45, 7) is 14.3. The summed E-state index contributed by atoms with van der Waals surface area (Å²) in [4.78, 5) is 0. The molecular formula is C12H26NO2PS2. The zero-order valence-corrected chi connectivity index (χ0v) is 14.7. The Bertz CT molecular complexity index is 298. The van der Waals surface area contributed by atoms with Crippen LogP contribution >= 0.6 is 21.0 Å². The average Bonchev–Trinajstić information content (AvgIpc) is 2.14. The van der Waals surface area contributed by atoms with Crippen molar-refractivity contribution in [3.05, 3.63) is 12.2 Å². The molecule has 1 aliphatic heterocycles. The van der Waals surface area contributed by atoms with Gasteiger partial charge in [-0.1, -0.05) is 39.8 Å². The van der Waals surface area contributed by atoms with E-state index in [1.165, 1.54) is 0 Å². The molecule has 3 nitrogen and oxygen atoms in total. The van der Waals surface area contributed by atoms with Crippen LogP contribution in [-0.4, -0.2) is 21.9 Å². The van der Waals surface area contributed by atoms with Gasteiger partial charge in [0.2, 0.25) is 0 Å². The van der Waals surface area contributed by atoms with Crippen molar-refractivity contribution in [3.8, 4) is 0 Å². The second kappa shape index (κ2) is 6.96. The Balaban J connectivity index is 0.00000289. The van der Waals surface area contributed by atoms with Gasteiger partial charge in [-0.25, -0.2) is 0 Å². The van der Waals surface area contributed by atoms with Crippen molar-refractivity contribution >= 4 is 33.6 Å². The van der Waals surface area contributed by atoms with Crippen molar-refractivity contribution in [2.75, 3.05) is 0 Å². The van der Waals surface area contributed by atoms with E-state index in [1.54, 1.807) is 0 Å². The fourth-order valence-electron chi connectivity index (χ4n) is 1.83. The Hall–Kier alpha value is 0.750. The van der Waals surface area contributed by atoms with E-state index in [-0.39, 0.29) is 18.4 Å². The molecule has 6 heteroatoms. The number of quaternary nitrogens is 1. The van der Waals surface area contributed by atoms with E-state index in [2.05, 4.69) is 46.9 Å². The molecule has 0 aromatic rings. The van der Waals surface area contributed by atoms with Gasteiger partial charge in [-0.15, -0.1) is 0 Å². The van der Waals surface area contributed by atoms with Crippen molar-refractivity contribution in [2.24, 2.45) is 5.92 Å². The lowest BCUT2D eigenvalue weighted by Crippen LogP contribution is -2.53. The number of hydrogen-bond acceptors (Lipinski definition) is 4. The first-order valence-corrected chi connectivity index (χ1v) is 7.99. The van der Waals surface area contributed by atoms with Crippen LogP contribution < -0.4 is 6.15 Å². The van der Waals surface area contributed by atoms with Crippen LogP contribution in [0, 0.1) is 5.92 Å². The molecule has 0 spiro atoms. The highest BCUT2D eigenvalue weighted by molar-refractivity contribution is 7.93. The van der Waals surface area contributed by atoms with Crippen molar-refractivity contribution in [1.29, 1.82) is 0 Å². The van der Waals surface area contributed by atoms with Crippen molar-refractivity contribution in [1.82, 2.24) is 6.15 Å². The van der Waals surface area contributed by atoms with Gasteiger partial charge in [-0.2, -0.15) is 12.6 Å². The Morgan fingerprint density at radius 1 is 1.33 bits per heavy atom. The van der Waals surface area contributed by atoms with Crippen molar-refractivity contribution in [3.63, 3.8) is 0 Å². The largest absolute Gasteiger partial charge is 0.770 e. The summed E-state index contributed by atoms with van der Waals surface area (Å²) in [5, 5.41) is 0. The molecule has 4 unspecified atom stereocenters. The summed E-state index contributed by atoms with van der Waals surface area (Å²) in [7, 11) is -0.909. The minimum Gasteiger partial charge on any atom is -0.770 e. The maximum absolute atomic E-state index is 6.03. The molecule has 1 fully saturated rings. The molecule has 1 saturated heterocycles. The van der Waals surface area contributed by atoms with E-state index in [0.717, 1.165) is 5.57 Å². The maximum atomic E-state index is 6.03. The van der Waals surface area contributed by atoms with Crippen molar-refractivity contribution < 1.29 is 9.05 Å². The molecule has 1 heterocycles. The number of hydrogen-bond donors (Lipinski definition) is 2. The molecule has 0 aromatic carbocycles. The van der Waals surface area contributed by atoms with Crippen LogP contribution in [0.4, 0.5) is 0 Å². The van der Waals surface area contributed by atoms with Crippen LogP contribution in [0.2, 0.25) is 0 Å². The van der Waals surface area contributed by atoms with Crippen LogP contribution in [-0.2, 0) is 21.7 Å². The summed E-state index contributed by atoms with van der Waals surface area (Å²) in [5.41, 5.74) is 1.28. The summed E-state index contributed by atoms with van der Waals surface area (Å²) in [5.74, 6) is 0.319. The smallest absolute Gasteiger partial charge is 0.174 e. The third kappa shape index (κ3) is 3.87. The third-order valence-electron chi connectivity index (χ3n) is 2.68. The van der Waals surface area contributed by atoms with E-state index >= 15 is 0 Å². The van der Waals surface area contributed by atoms with Gasteiger partial charge in [0, 0.05) is 5.66 Å². The average molecular weight is 311 g/mol. The molecule has 0 amide bonds. The van der Waals surface area contributed by atoms with Crippen LogP contribution in [0.3, 0.4) is 0 Å². The molecular weight excluding hydrogens is 285 g/mol. The molecule has 0 saturated carbocycles. The van der Waals surface area contributed by atoms with E-state index in [4.69, 9.17) is 21.7 Å². The van der Waals surface area contributed by atoms with Crippen molar-refractivity contribution in [2.45, 2.75) is 56.6 Å². The molecule has 0 bridgehead atoms. The van der Waals surface area contributed by atoms with Crippen LogP contribution in [0.15, 0.2) is 12.2 Å². The monoisotopic (exact) mass is 311 g/mol. The standard InChI is InChI=1S/C12H23O2PS2.H3N/c1-7(2)10-12(16,17)11(8(3)4)14-15(13-10)9(5)6;/h8-11,16-17H,1H2,2-6H3;1H3. The Labute approximate surface area is 123 Å². The SMILES string of the molecule is C=C(C)C1OP(C(C)C)OC(C(C)C)C1([S-])S.[NH4+]. The van der Waals surface area contributed by atoms with Gasteiger partial charge in [-0.3, -0.25) is 0 Å². The molecule has 1 rings (SSSR count). The highest BCUT2D eigenvalue weighted by Gasteiger charge is 2.43. The summed E-state index contributed by atoms with van der Waals surface area (Å²) in [6.07, 6.45) is -0.291. The topological polar surface area (TPSA) is 55.0 Å². The predicted molar refractivity (Wildman–Crippen MR) is 86.5 cm³/mol. The Morgan fingerprint density at radius 3 is 2.17 bits per heavy atom. The minimum absolute atomic E-state index is 0. The predicted octanol–water partition coefficient (Wildman–Crippen LogP) is 4.27. The highest BCUT2D eigenvalue weighted by atomic mass is 32.2. The molecule has 4 N–H and O–H groups in total. The first-order chi connectivity index (χ1) is 7.67. The summed E-state index contributed by atoms with van der Waals surface area (Å²) < 4.78 is 11.3. The molecule has 108 valence electrons. The lowest BCUT2D eigenvalue weighted by molar-refractivity contribution is 0.0388. The second-order valence-electron chi connectivity index (χ2n) is 5.23. The van der Waals surface area contributed by atoms with Gasteiger partial charge in [0.25, 0.3) is 0 Å². The molecule has 0 aromatic heterocycles. The minimum atomic E-state index is -0.909. The summed E-state index contributed by atoms with van der Waals surface area (Å²) >= 11 is 10.2. The van der Waals surface area contributed by atoms with Gasteiger partial charge < -0.3 is 27.8 Å². The van der Waals surface area contributed by atoms with Gasteiger partial charge in [0.1, 0.15) is 0 Å².